The van der Waals surface area contributed by atoms with E-state index in [1.54, 1.807) is 12.1 Å². The number of carbonyl (C=O) groups excluding carboxylic acids is 1. The van der Waals surface area contributed by atoms with Crippen LogP contribution < -0.4 is 4.74 Å². The molecule has 1 amide bonds. The molecule has 0 aromatic heterocycles. The van der Waals surface area contributed by atoms with E-state index in [0.29, 0.717) is 28.0 Å². The fourth-order valence-electron chi connectivity index (χ4n) is 2.58. The minimum absolute atomic E-state index is 0.00781. The van der Waals surface area contributed by atoms with E-state index in [4.69, 9.17) is 27.9 Å². The average Bonchev–Trinajstić information content (AvgIpc) is 2.62. The van der Waals surface area contributed by atoms with Crippen LogP contribution in [-0.4, -0.2) is 23.9 Å². The topological polar surface area (TPSA) is 29.5 Å². The van der Waals surface area contributed by atoms with Crippen molar-refractivity contribution < 1.29 is 9.53 Å². The smallest absolute Gasteiger partial charge is 0.257 e. The van der Waals surface area contributed by atoms with Gasteiger partial charge in [-0.3, -0.25) is 4.79 Å². The van der Waals surface area contributed by atoms with E-state index in [0.717, 1.165) is 31.5 Å². The quantitative estimate of drug-likeness (QED) is 0.576. The molecule has 0 spiro atoms. The molecule has 5 heteroatoms. The zero-order chi connectivity index (χ0) is 18.2. The van der Waals surface area contributed by atoms with E-state index in [1.807, 2.05) is 35.2 Å². The molecule has 0 N–H and O–H groups in total. The van der Waals surface area contributed by atoms with Crippen LogP contribution in [0.2, 0.25) is 10.0 Å². The summed E-state index contributed by atoms with van der Waals surface area (Å²) in [4.78, 5) is 14.7. The lowest BCUT2D eigenvalue weighted by Gasteiger charge is -2.22. The molecule has 2 aromatic carbocycles. The number of nitrogens with zero attached hydrogens (tertiary/aromatic N) is 1. The molecule has 2 rings (SSSR count). The second-order valence-electron chi connectivity index (χ2n) is 5.83. The Bertz CT molecular complexity index is 713. The number of hydrogen-bond acceptors (Lipinski definition) is 2. The Kier molecular flexibility index (Phi) is 7.60. The van der Waals surface area contributed by atoms with Gasteiger partial charge in [-0.25, -0.2) is 0 Å². The van der Waals surface area contributed by atoms with Crippen molar-refractivity contribution in [2.45, 2.75) is 33.3 Å². The maximum atomic E-state index is 12.9. The molecule has 0 atom stereocenters. The molecule has 0 fully saturated rings. The molecule has 0 aliphatic heterocycles. The van der Waals surface area contributed by atoms with Gasteiger partial charge in [-0.05, 0) is 42.7 Å². The maximum absolute atomic E-state index is 12.9. The Hall–Kier alpha value is -1.71. The summed E-state index contributed by atoms with van der Waals surface area (Å²) in [5.41, 5.74) is 1.49. The molecule has 0 saturated heterocycles. The summed E-state index contributed by atoms with van der Waals surface area (Å²) in [6.07, 6.45) is 1.86. The first-order valence-corrected chi connectivity index (χ1v) is 9.27. The van der Waals surface area contributed by atoms with Crippen molar-refractivity contribution in [2.75, 3.05) is 13.1 Å². The highest BCUT2D eigenvalue weighted by Crippen LogP contribution is 2.25. The largest absolute Gasteiger partial charge is 0.488 e. The maximum Gasteiger partial charge on any atom is 0.257 e. The summed E-state index contributed by atoms with van der Waals surface area (Å²) in [5.74, 6) is 0.587. The molecule has 134 valence electrons. The summed E-state index contributed by atoms with van der Waals surface area (Å²) in [7, 11) is 0. The number of hydrogen-bond donors (Lipinski definition) is 0. The van der Waals surface area contributed by atoms with Crippen LogP contribution in [0.25, 0.3) is 0 Å². The number of amides is 1. The Morgan fingerprint density at radius 1 is 1.00 bits per heavy atom. The van der Waals surface area contributed by atoms with Crippen LogP contribution in [0, 0.1) is 0 Å². The standard InChI is InChI=1S/C20H23Cl2NO2/c1-3-11-23(12-4-2)20(24)16-7-5-6-8-19(16)25-14-15-9-10-17(21)18(22)13-15/h5-10,13H,3-4,11-12,14H2,1-2H3. The molecule has 25 heavy (non-hydrogen) atoms. The first-order valence-electron chi connectivity index (χ1n) is 8.51. The van der Waals surface area contributed by atoms with Gasteiger partial charge in [0.05, 0.1) is 15.6 Å². The molecule has 3 nitrogen and oxygen atoms in total. The van der Waals surface area contributed by atoms with Crippen LogP contribution in [0.1, 0.15) is 42.6 Å². The van der Waals surface area contributed by atoms with Crippen LogP contribution in [0.4, 0.5) is 0 Å². The van der Waals surface area contributed by atoms with Gasteiger partial charge in [0, 0.05) is 13.1 Å². The van der Waals surface area contributed by atoms with Gasteiger partial charge in [-0.15, -0.1) is 0 Å². The minimum atomic E-state index is 0.00781. The lowest BCUT2D eigenvalue weighted by atomic mass is 10.1. The van der Waals surface area contributed by atoms with Gasteiger partial charge in [0.1, 0.15) is 12.4 Å². The van der Waals surface area contributed by atoms with Gasteiger partial charge in [0.15, 0.2) is 0 Å². The lowest BCUT2D eigenvalue weighted by molar-refractivity contribution is 0.0750. The van der Waals surface area contributed by atoms with Crippen molar-refractivity contribution in [2.24, 2.45) is 0 Å². The Labute approximate surface area is 159 Å². The van der Waals surface area contributed by atoms with E-state index in [2.05, 4.69) is 13.8 Å². The second-order valence-corrected chi connectivity index (χ2v) is 6.64. The van der Waals surface area contributed by atoms with Crippen LogP contribution >= 0.6 is 23.2 Å². The molecule has 0 unspecified atom stereocenters. The molecule has 0 aliphatic rings. The Morgan fingerprint density at radius 3 is 2.32 bits per heavy atom. The molecule has 0 heterocycles. The SMILES string of the molecule is CCCN(CCC)C(=O)c1ccccc1OCc1ccc(Cl)c(Cl)c1. The minimum Gasteiger partial charge on any atom is -0.488 e. The van der Waals surface area contributed by atoms with Crippen molar-refractivity contribution in [1.29, 1.82) is 0 Å². The van der Waals surface area contributed by atoms with Crippen LogP contribution in [0.15, 0.2) is 42.5 Å². The highest BCUT2D eigenvalue weighted by atomic mass is 35.5. The van der Waals surface area contributed by atoms with Gasteiger partial charge in [-0.1, -0.05) is 55.2 Å². The van der Waals surface area contributed by atoms with E-state index < -0.39 is 0 Å². The van der Waals surface area contributed by atoms with Gasteiger partial charge in [0.2, 0.25) is 0 Å². The predicted octanol–water partition coefficient (Wildman–Crippen LogP) is 5.83. The molecule has 0 radical (unpaired) electrons. The number of benzene rings is 2. The molecular weight excluding hydrogens is 357 g/mol. The highest BCUT2D eigenvalue weighted by Gasteiger charge is 2.18. The third-order valence-electron chi connectivity index (χ3n) is 3.77. The van der Waals surface area contributed by atoms with Crippen LogP contribution in [0.5, 0.6) is 5.75 Å². The summed E-state index contributed by atoms with van der Waals surface area (Å²) >= 11 is 12.0. The number of halogens is 2. The van der Waals surface area contributed by atoms with E-state index in [-0.39, 0.29) is 5.91 Å². The van der Waals surface area contributed by atoms with Crippen molar-refractivity contribution in [3.8, 4) is 5.75 Å². The number of carbonyl (C=O) groups is 1. The van der Waals surface area contributed by atoms with Gasteiger partial charge < -0.3 is 9.64 Å². The van der Waals surface area contributed by atoms with Crippen molar-refractivity contribution in [1.82, 2.24) is 4.90 Å². The lowest BCUT2D eigenvalue weighted by Crippen LogP contribution is -2.32. The van der Waals surface area contributed by atoms with Gasteiger partial charge >= 0.3 is 0 Å². The van der Waals surface area contributed by atoms with E-state index in [9.17, 15) is 4.79 Å². The molecule has 0 saturated carbocycles. The summed E-state index contributed by atoms with van der Waals surface area (Å²) < 4.78 is 5.90. The molecule has 2 aromatic rings. The highest BCUT2D eigenvalue weighted by molar-refractivity contribution is 6.42. The third kappa shape index (κ3) is 5.38. The zero-order valence-electron chi connectivity index (χ0n) is 14.6. The predicted molar refractivity (Wildman–Crippen MR) is 104 cm³/mol. The molecule has 0 bridgehead atoms. The van der Waals surface area contributed by atoms with Crippen molar-refractivity contribution in [3.63, 3.8) is 0 Å². The summed E-state index contributed by atoms with van der Waals surface area (Å²) in [6.45, 7) is 5.95. The normalized spacial score (nSPS) is 10.6. The number of para-hydroxylation sites is 1. The second kappa shape index (κ2) is 9.69. The summed E-state index contributed by atoms with van der Waals surface area (Å²) in [5, 5.41) is 1.000. The monoisotopic (exact) mass is 379 g/mol. The van der Waals surface area contributed by atoms with Gasteiger partial charge in [-0.2, -0.15) is 0 Å². The first-order chi connectivity index (χ1) is 12.1. The third-order valence-corrected chi connectivity index (χ3v) is 4.51. The van der Waals surface area contributed by atoms with Crippen molar-refractivity contribution in [3.05, 3.63) is 63.6 Å². The van der Waals surface area contributed by atoms with Crippen molar-refractivity contribution >= 4 is 29.1 Å². The van der Waals surface area contributed by atoms with Crippen LogP contribution in [0.3, 0.4) is 0 Å². The summed E-state index contributed by atoms with van der Waals surface area (Å²) in [6, 6.07) is 12.7. The fourth-order valence-corrected chi connectivity index (χ4v) is 2.91. The van der Waals surface area contributed by atoms with E-state index in [1.165, 1.54) is 0 Å². The zero-order valence-corrected chi connectivity index (χ0v) is 16.1. The molecular formula is C20H23Cl2NO2. The fraction of sp³-hybridized carbons (Fsp3) is 0.350. The van der Waals surface area contributed by atoms with Gasteiger partial charge in [0.25, 0.3) is 5.91 Å². The first kappa shape index (κ1) is 19.6. The number of ether oxygens (including phenoxy) is 1. The van der Waals surface area contributed by atoms with Crippen LogP contribution in [-0.2, 0) is 6.61 Å². The average molecular weight is 380 g/mol. The number of rotatable bonds is 8. The Balaban J connectivity index is 2.16. The Morgan fingerprint density at radius 2 is 1.68 bits per heavy atom. The van der Waals surface area contributed by atoms with E-state index >= 15 is 0 Å². The molecule has 0 aliphatic carbocycles.